The van der Waals surface area contributed by atoms with Crippen molar-refractivity contribution in [1.29, 1.82) is 0 Å². The summed E-state index contributed by atoms with van der Waals surface area (Å²) in [4.78, 5) is 13.5. The standard InChI is InChI=1S/C41H51N5/c1-31-12-18-36(19-13-31)43-24-8-9-34(27-43)39-30-46(38-22-16-33(3)17-23-38)40(28-42(39)4)41-29-44(35-10-6-5-7-11-35)25-26-45(41)37-20-14-32(2)15-21-37/h5-7,10-23,34,39-41H,8-9,24-30H2,1-4H3. The van der Waals surface area contributed by atoms with Gasteiger partial charge in [-0.15, -0.1) is 0 Å². The lowest BCUT2D eigenvalue weighted by atomic mass is 9.85. The number of benzene rings is 4. The fourth-order valence-corrected chi connectivity index (χ4v) is 8.26. The quantitative estimate of drug-likeness (QED) is 0.224. The Balaban J connectivity index is 1.21. The van der Waals surface area contributed by atoms with Crippen LogP contribution in [0, 0.1) is 26.7 Å². The highest BCUT2D eigenvalue weighted by molar-refractivity contribution is 5.57. The van der Waals surface area contributed by atoms with Crippen LogP contribution in [0.2, 0.25) is 0 Å². The molecule has 0 spiro atoms. The van der Waals surface area contributed by atoms with E-state index in [1.807, 2.05) is 0 Å². The topological polar surface area (TPSA) is 16.2 Å². The number of aryl methyl sites for hydroxylation is 3. The molecule has 0 saturated carbocycles. The molecule has 240 valence electrons. The number of likely N-dealkylation sites (N-methyl/N-ethyl adjacent to an activating group) is 1. The van der Waals surface area contributed by atoms with Crippen molar-refractivity contribution in [3.8, 4) is 0 Å². The molecule has 4 aromatic carbocycles. The molecule has 0 radical (unpaired) electrons. The predicted molar refractivity (Wildman–Crippen MR) is 196 cm³/mol. The third-order valence-corrected chi connectivity index (χ3v) is 10.9. The average Bonchev–Trinajstić information content (AvgIpc) is 3.09. The van der Waals surface area contributed by atoms with E-state index in [0.717, 1.165) is 45.8 Å². The number of rotatable bonds is 6. The molecule has 4 aromatic rings. The monoisotopic (exact) mass is 613 g/mol. The first kappa shape index (κ1) is 30.7. The van der Waals surface area contributed by atoms with Crippen LogP contribution in [0.25, 0.3) is 0 Å². The molecule has 0 aliphatic carbocycles. The van der Waals surface area contributed by atoms with Crippen molar-refractivity contribution >= 4 is 22.7 Å². The highest BCUT2D eigenvalue weighted by Crippen LogP contribution is 2.36. The van der Waals surface area contributed by atoms with E-state index in [-0.39, 0.29) is 0 Å². The van der Waals surface area contributed by atoms with E-state index in [4.69, 9.17) is 0 Å². The molecule has 0 aromatic heterocycles. The zero-order valence-electron chi connectivity index (χ0n) is 28.2. The van der Waals surface area contributed by atoms with Crippen LogP contribution in [0.4, 0.5) is 22.7 Å². The van der Waals surface area contributed by atoms with Gasteiger partial charge in [-0.25, -0.2) is 0 Å². The van der Waals surface area contributed by atoms with Crippen LogP contribution in [0.1, 0.15) is 29.5 Å². The maximum absolute atomic E-state index is 2.80. The molecule has 5 nitrogen and oxygen atoms in total. The number of piperidine rings is 1. The lowest BCUT2D eigenvalue weighted by Crippen LogP contribution is -2.69. The first-order chi connectivity index (χ1) is 22.4. The van der Waals surface area contributed by atoms with Crippen molar-refractivity contribution in [1.82, 2.24) is 4.90 Å². The van der Waals surface area contributed by atoms with Crippen LogP contribution in [0.5, 0.6) is 0 Å². The Bertz CT molecular complexity index is 1550. The normalized spacial score (nSPS) is 24.3. The molecule has 5 heteroatoms. The van der Waals surface area contributed by atoms with Gasteiger partial charge in [0, 0.05) is 74.6 Å². The van der Waals surface area contributed by atoms with Gasteiger partial charge in [-0.2, -0.15) is 0 Å². The number of piperazine rings is 2. The fourth-order valence-electron chi connectivity index (χ4n) is 8.26. The molecule has 4 unspecified atom stereocenters. The lowest BCUT2D eigenvalue weighted by Gasteiger charge is -2.56. The second-order valence-electron chi connectivity index (χ2n) is 14.1. The molecule has 3 fully saturated rings. The Morgan fingerprint density at radius 2 is 0.978 bits per heavy atom. The summed E-state index contributed by atoms with van der Waals surface area (Å²) >= 11 is 0. The van der Waals surface area contributed by atoms with E-state index in [0.29, 0.717) is 24.0 Å². The first-order valence-corrected chi connectivity index (χ1v) is 17.4. The minimum Gasteiger partial charge on any atom is -0.371 e. The van der Waals surface area contributed by atoms with Crippen molar-refractivity contribution < 1.29 is 0 Å². The molecule has 3 aliphatic rings. The van der Waals surface area contributed by atoms with Crippen LogP contribution >= 0.6 is 0 Å². The van der Waals surface area contributed by atoms with Gasteiger partial charge >= 0.3 is 0 Å². The zero-order chi connectivity index (χ0) is 31.6. The molecule has 0 amide bonds. The third kappa shape index (κ3) is 6.48. The summed E-state index contributed by atoms with van der Waals surface area (Å²) in [7, 11) is 2.41. The van der Waals surface area contributed by atoms with Crippen LogP contribution < -0.4 is 19.6 Å². The van der Waals surface area contributed by atoms with Crippen molar-refractivity contribution in [3.63, 3.8) is 0 Å². The maximum atomic E-state index is 2.80. The van der Waals surface area contributed by atoms with Crippen LogP contribution in [-0.2, 0) is 0 Å². The van der Waals surface area contributed by atoms with Gasteiger partial charge in [-0.3, -0.25) is 4.90 Å². The number of para-hydroxylation sites is 1. The minimum atomic E-state index is 0.344. The first-order valence-electron chi connectivity index (χ1n) is 17.4. The Kier molecular flexibility index (Phi) is 8.95. The van der Waals surface area contributed by atoms with Gasteiger partial charge in [0.2, 0.25) is 0 Å². The Hall–Kier alpha value is -3.96. The van der Waals surface area contributed by atoms with Gasteiger partial charge in [0.05, 0.1) is 12.1 Å². The van der Waals surface area contributed by atoms with Gasteiger partial charge in [0.25, 0.3) is 0 Å². The fraction of sp³-hybridized carbons (Fsp3) is 0.415. The summed E-state index contributed by atoms with van der Waals surface area (Å²) in [6.45, 7) is 14.0. The van der Waals surface area contributed by atoms with Gasteiger partial charge in [0.1, 0.15) is 0 Å². The number of anilines is 4. The third-order valence-electron chi connectivity index (χ3n) is 10.9. The summed E-state index contributed by atoms with van der Waals surface area (Å²) in [5, 5.41) is 0. The van der Waals surface area contributed by atoms with E-state index in [9.17, 15) is 0 Å². The lowest BCUT2D eigenvalue weighted by molar-refractivity contribution is 0.116. The minimum absolute atomic E-state index is 0.344. The Morgan fingerprint density at radius 3 is 1.61 bits per heavy atom. The Morgan fingerprint density at radius 1 is 0.457 bits per heavy atom. The number of hydrogen-bond acceptors (Lipinski definition) is 5. The SMILES string of the molecule is Cc1ccc(N2CCCC(C3CN(c4ccc(C)cc4)C(C4CN(c5ccccc5)CCN4c4ccc(C)cc4)CN3C)C2)cc1. The molecule has 3 heterocycles. The molecule has 4 atom stereocenters. The molecule has 0 bridgehead atoms. The number of nitrogens with zero attached hydrogens (tertiary/aromatic N) is 5. The van der Waals surface area contributed by atoms with E-state index in [1.165, 1.54) is 52.3 Å². The van der Waals surface area contributed by atoms with Crippen molar-refractivity contribution in [2.45, 2.75) is 51.7 Å². The molecule has 0 N–H and O–H groups in total. The van der Waals surface area contributed by atoms with Crippen LogP contribution in [-0.4, -0.2) is 75.9 Å². The molecule has 7 rings (SSSR count). The summed E-state index contributed by atoms with van der Waals surface area (Å²) in [6.07, 6.45) is 2.55. The van der Waals surface area contributed by atoms with E-state index in [2.05, 4.69) is 155 Å². The van der Waals surface area contributed by atoms with Crippen molar-refractivity contribution in [3.05, 3.63) is 120 Å². The van der Waals surface area contributed by atoms with Crippen molar-refractivity contribution in [2.75, 3.05) is 72.5 Å². The Labute approximate surface area is 277 Å². The molecule has 46 heavy (non-hydrogen) atoms. The van der Waals surface area contributed by atoms with Gasteiger partial charge in [-0.05, 0) is 95.1 Å². The predicted octanol–water partition coefficient (Wildman–Crippen LogP) is 7.41. The number of hydrogen-bond donors (Lipinski definition) is 0. The van der Waals surface area contributed by atoms with Crippen LogP contribution in [0.15, 0.2) is 103 Å². The highest BCUT2D eigenvalue weighted by atomic mass is 15.4. The maximum Gasteiger partial charge on any atom is 0.0681 e. The van der Waals surface area contributed by atoms with Gasteiger partial charge in [-0.1, -0.05) is 71.3 Å². The van der Waals surface area contributed by atoms with Crippen LogP contribution in [0.3, 0.4) is 0 Å². The van der Waals surface area contributed by atoms with Gasteiger partial charge in [0.15, 0.2) is 0 Å². The summed E-state index contributed by atoms with van der Waals surface area (Å²) in [6, 6.07) is 40.0. The largest absolute Gasteiger partial charge is 0.371 e. The highest BCUT2D eigenvalue weighted by Gasteiger charge is 2.44. The van der Waals surface area contributed by atoms with E-state index < -0.39 is 0 Å². The second kappa shape index (κ2) is 13.4. The van der Waals surface area contributed by atoms with E-state index >= 15 is 0 Å². The van der Waals surface area contributed by atoms with Crippen molar-refractivity contribution in [2.24, 2.45) is 5.92 Å². The zero-order valence-corrected chi connectivity index (χ0v) is 28.2. The summed E-state index contributed by atoms with van der Waals surface area (Å²) in [5.41, 5.74) is 9.38. The average molecular weight is 614 g/mol. The smallest absolute Gasteiger partial charge is 0.0681 e. The molecular formula is C41H51N5. The molecular weight excluding hydrogens is 562 g/mol. The second-order valence-corrected chi connectivity index (χ2v) is 14.1. The summed E-state index contributed by atoms with van der Waals surface area (Å²) in [5.74, 6) is 0.634. The molecule has 3 aliphatic heterocycles. The van der Waals surface area contributed by atoms with E-state index in [1.54, 1.807) is 0 Å². The summed E-state index contributed by atoms with van der Waals surface area (Å²) < 4.78 is 0. The van der Waals surface area contributed by atoms with Gasteiger partial charge < -0.3 is 19.6 Å². The molecule has 3 saturated heterocycles.